The zero-order valence-electron chi connectivity index (χ0n) is 21.9. The first kappa shape index (κ1) is 27.1. The molecule has 0 radical (unpaired) electrons. The number of nitrogens with zero attached hydrogens (tertiary/aromatic N) is 5. The number of nitrogens with one attached hydrogen (secondary N) is 1. The minimum absolute atomic E-state index is 0.0384. The van der Waals surface area contributed by atoms with E-state index >= 15 is 0 Å². The number of likely N-dealkylation sites (tertiary alicyclic amines) is 1. The number of aromatic nitrogens is 3. The summed E-state index contributed by atoms with van der Waals surface area (Å²) in [6.07, 6.45) is -0.630. The minimum Gasteiger partial charge on any atom is -0.439 e. The van der Waals surface area contributed by atoms with Gasteiger partial charge in [0.2, 0.25) is 11.8 Å². The lowest BCUT2D eigenvalue weighted by molar-refractivity contribution is -0.137. The molecule has 0 bridgehead atoms. The number of anilines is 1. The summed E-state index contributed by atoms with van der Waals surface area (Å²) >= 11 is 0. The van der Waals surface area contributed by atoms with E-state index in [-0.39, 0.29) is 17.6 Å². The van der Waals surface area contributed by atoms with Gasteiger partial charge >= 0.3 is 12.2 Å². The molecule has 9 nitrogen and oxygen atoms in total. The highest BCUT2D eigenvalue weighted by Gasteiger charge is 2.30. The van der Waals surface area contributed by atoms with Gasteiger partial charge < -0.3 is 15.0 Å². The number of ether oxygens (including phenoxy) is 1. The lowest BCUT2D eigenvalue weighted by atomic mass is 10.2. The number of rotatable bonds is 6. The highest BCUT2D eigenvalue weighted by molar-refractivity contribution is 5.98. The summed E-state index contributed by atoms with van der Waals surface area (Å²) in [6.45, 7) is 3.80. The van der Waals surface area contributed by atoms with Gasteiger partial charge in [-0.1, -0.05) is 6.07 Å². The van der Waals surface area contributed by atoms with E-state index in [4.69, 9.17) is 4.74 Å². The molecule has 1 aliphatic rings. The van der Waals surface area contributed by atoms with Crippen molar-refractivity contribution >= 4 is 28.5 Å². The second kappa shape index (κ2) is 11.0. The van der Waals surface area contributed by atoms with E-state index in [9.17, 15) is 22.8 Å². The maximum absolute atomic E-state index is 13.0. The Balaban J connectivity index is 1.24. The zero-order valence-corrected chi connectivity index (χ0v) is 21.9. The predicted octanol–water partition coefficient (Wildman–Crippen LogP) is 5.38. The molecule has 0 aliphatic carbocycles. The number of benzene rings is 2. The van der Waals surface area contributed by atoms with E-state index in [1.54, 1.807) is 42.2 Å². The number of fused-ring (bicyclic) bond motifs is 1. The van der Waals surface area contributed by atoms with Crippen molar-refractivity contribution in [3.8, 4) is 11.6 Å². The molecule has 3 heterocycles. The maximum atomic E-state index is 13.0. The smallest absolute Gasteiger partial charge is 0.416 e. The van der Waals surface area contributed by atoms with Crippen LogP contribution in [0.25, 0.3) is 10.9 Å². The van der Waals surface area contributed by atoms with E-state index < -0.39 is 17.8 Å². The van der Waals surface area contributed by atoms with Gasteiger partial charge in [-0.2, -0.15) is 13.2 Å². The zero-order chi connectivity index (χ0) is 28.4. The van der Waals surface area contributed by atoms with Crippen molar-refractivity contribution in [1.82, 2.24) is 24.3 Å². The maximum Gasteiger partial charge on any atom is 0.416 e. The van der Waals surface area contributed by atoms with E-state index in [2.05, 4.69) is 20.2 Å². The van der Waals surface area contributed by atoms with Gasteiger partial charge in [0.1, 0.15) is 12.1 Å². The number of halogens is 3. The lowest BCUT2D eigenvalue weighted by Crippen LogP contribution is -2.37. The van der Waals surface area contributed by atoms with Crippen molar-refractivity contribution in [1.29, 1.82) is 0 Å². The Morgan fingerprint density at radius 3 is 2.73 bits per heavy atom. The van der Waals surface area contributed by atoms with Crippen LogP contribution in [0.3, 0.4) is 0 Å². The third kappa shape index (κ3) is 6.07. The van der Waals surface area contributed by atoms with Crippen LogP contribution in [0.5, 0.6) is 11.6 Å². The third-order valence-electron chi connectivity index (χ3n) is 6.92. The summed E-state index contributed by atoms with van der Waals surface area (Å²) in [5, 5.41) is 3.20. The average Bonchev–Trinajstić information content (AvgIpc) is 3.55. The molecule has 208 valence electrons. The first-order valence-corrected chi connectivity index (χ1v) is 12.6. The van der Waals surface area contributed by atoms with Crippen LogP contribution in [0.2, 0.25) is 0 Å². The number of hydrogen-bond donors (Lipinski definition) is 1. The molecule has 1 aliphatic heterocycles. The highest BCUT2D eigenvalue weighted by Crippen LogP contribution is 2.31. The summed E-state index contributed by atoms with van der Waals surface area (Å²) < 4.78 is 46.3. The van der Waals surface area contributed by atoms with Gasteiger partial charge in [-0.3, -0.25) is 14.3 Å². The van der Waals surface area contributed by atoms with Crippen molar-refractivity contribution in [3.63, 3.8) is 0 Å². The third-order valence-corrected chi connectivity index (χ3v) is 6.92. The standard InChI is InChI=1S/C28H27F3N6O3/c1-18(38)35(2)23-9-10-36(16-23)15-22-14-26(33-17-32-22)40-24-6-7-25-19(12-24)8-11-37(25)27(39)34-21-5-3-4-20(13-21)28(29,30)31/h3-8,11-14,17,23H,9-10,15-16H2,1-2H3,(H,34,39). The summed E-state index contributed by atoms with van der Waals surface area (Å²) in [5.41, 5.74) is 0.535. The quantitative estimate of drug-likeness (QED) is 0.346. The molecule has 5 rings (SSSR count). The van der Waals surface area contributed by atoms with Crippen molar-refractivity contribution < 1.29 is 27.5 Å². The van der Waals surface area contributed by atoms with E-state index in [0.29, 0.717) is 29.1 Å². The topological polar surface area (TPSA) is 92.6 Å². The van der Waals surface area contributed by atoms with Crippen LogP contribution in [0.4, 0.5) is 23.7 Å². The number of amides is 2. The Hall–Kier alpha value is -4.45. The number of alkyl halides is 3. The molecule has 4 aromatic rings. The highest BCUT2D eigenvalue weighted by atomic mass is 19.4. The second-order valence-electron chi connectivity index (χ2n) is 9.67. The molecular formula is C28H27F3N6O3. The number of carbonyl (C=O) groups is 2. The van der Waals surface area contributed by atoms with Crippen LogP contribution in [-0.2, 0) is 17.5 Å². The summed E-state index contributed by atoms with van der Waals surface area (Å²) in [7, 11) is 1.82. The molecule has 0 spiro atoms. The molecular weight excluding hydrogens is 525 g/mol. The fourth-order valence-electron chi connectivity index (χ4n) is 4.72. The van der Waals surface area contributed by atoms with Crippen molar-refractivity contribution in [2.75, 3.05) is 25.5 Å². The number of hydrogen-bond acceptors (Lipinski definition) is 6. The van der Waals surface area contributed by atoms with Gasteiger partial charge in [-0.15, -0.1) is 0 Å². The summed E-state index contributed by atoms with van der Waals surface area (Å²) in [6, 6.07) is 12.6. The molecule has 1 unspecified atom stereocenters. The summed E-state index contributed by atoms with van der Waals surface area (Å²) in [5.74, 6) is 0.911. The minimum atomic E-state index is -4.51. The predicted molar refractivity (Wildman–Crippen MR) is 142 cm³/mol. The van der Waals surface area contributed by atoms with E-state index in [1.165, 1.54) is 29.2 Å². The molecule has 2 aromatic heterocycles. The Labute approximate surface area is 228 Å². The van der Waals surface area contributed by atoms with E-state index in [1.807, 2.05) is 7.05 Å². The molecule has 1 atom stereocenters. The monoisotopic (exact) mass is 552 g/mol. The Morgan fingerprint density at radius 1 is 1.12 bits per heavy atom. The first-order chi connectivity index (χ1) is 19.1. The summed E-state index contributed by atoms with van der Waals surface area (Å²) in [4.78, 5) is 37.0. The van der Waals surface area contributed by atoms with E-state index in [0.717, 1.165) is 37.3 Å². The van der Waals surface area contributed by atoms with Gasteiger partial charge in [-0.25, -0.2) is 14.8 Å². The molecule has 12 heteroatoms. The molecule has 0 saturated carbocycles. The van der Waals surface area contributed by atoms with Crippen LogP contribution in [-0.4, -0.2) is 62.5 Å². The fourth-order valence-corrected chi connectivity index (χ4v) is 4.72. The molecule has 1 N–H and O–H groups in total. The SMILES string of the molecule is CC(=O)N(C)C1CCN(Cc2cc(Oc3ccc4c(ccn4C(=O)Nc4cccc(C(F)(F)F)c4)c3)ncn2)C1. The van der Waals surface area contributed by atoms with Crippen molar-refractivity contribution in [3.05, 3.63) is 78.4 Å². The number of likely N-dealkylation sites (N-methyl/N-ethyl adjacent to an activating group) is 1. The van der Waals surface area contributed by atoms with Gasteiger partial charge in [0.15, 0.2) is 0 Å². The second-order valence-corrected chi connectivity index (χ2v) is 9.67. The normalized spacial score (nSPS) is 15.8. The Kier molecular flexibility index (Phi) is 7.44. The van der Waals surface area contributed by atoms with Gasteiger partial charge in [0.25, 0.3) is 0 Å². The van der Waals surface area contributed by atoms with Crippen LogP contribution >= 0.6 is 0 Å². The fraction of sp³-hybridized carbons (Fsp3) is 0.286. The number of carbonyl (C=O) groups excluding carboxylic acids is 2. The molecule has 40 heavy (non-hydrogen) atoms. The van der Waals surface area contributed by atoms with Crippen LogP contribution in [0, 0.1) is 0 Å². The van der Waals surface area contributed by atoms with Gasteiger partial charge in [-0.05, 0) is 48.9 Å². The molecule has 2 amide bonds. The largest absolute Gasteiger partial charge is 0.439 e. The molecule has 1 saturated heterocycles. The lowest BCUT2D eigenvalue weighted by Gasteiger charge is -2.23. The molecule has 2 aromatic carbocycles. The average molecular weight is 553 g/mol. The first-order valence-electron chi connectivity index (χ1n) is 12.6. The molecule has 1 fully saturated rings. The van der Waals surface area contributed by atoms with Gasteiger partial charge in [0, 0.05) is 63.0 Å². The van der Waals surface area contributed by atoms with Crippen molar-refractivity contribution in [2.45, 2.75) is 32.1 Å². The van der Waals surface area contributed by atoms with Crippen LogP contribution < -0.4 is 10.1 Å². The van der Waals surface area contributed by atoms with Crippen molar-refractivity contribution in [2.24, 2.45) is 0 Å². The van der Waals surface area contributed by atoms with Gasteiger partial charge in [0.05, 0.1) is 16.8 Å². The van der Waals surface area contributed by atoms with Crippen LogP contribution in [0.1, 0.15) is 24.6 Å². The van der Waals surface area contributed by atoms with Crippen LogP contribution in [0.15, 0.2) is 67.1 Å². The Morgan fingerprint density at radius 2 is 1.95 bits per heavy atom. The Bertz CT molecular complexity index is 1550.